The van der Waals surface area contributed by atoms with Gasteiger partial charge >= 0.3 is 6.18 Å². The summed E-state index contributed by atoms with van der Waals surface area (Å²) in [6, 6.07) is 25.1. The Hall–Kier alpha value is -4.64. The van der Waals surface area contributed by atoms with Crippen LogP contribution in [0.25, 0.3) is 0 Å². The lowest BCUT2D eigenvalue weighted by Crippen LogP contribution is -2.53. The molecule has 4 rings (SSSR count). The van der Waals surface area contributed by atoms with Crippen LogP contribution in [0.5, 0.6) is 0 Å². The molecule has 0 fully saturated rings. The minimum atomic E-state index is -4.76. The second-order valence-electron chi connectivity index (χ2n) is 12.2. The summed E-state index contributed by atoms with van der Waals surface area (Å²) in [5.74, 6) is -1.08. The lowest BCUT2D eigenvalue weighted by atomic mass is 10.0. The van der Waals surface area contributed by atoms with Gasteiger partial charge < -0.3 is 10.2 Å². The normalized spacial score (nSPS) is 12.4. The third-order valence-corrected chi connectivity index (χ3v) is 9.57. The van der Waals surface area contributed by atoms with Crippen molar-refractivity contribution in [1.82, 2.24) is 10.2 Å². The Balaban J connectivity index is 1.84. The van der Waals surface area contributed by atoms with E-state index in [2.05, 4.69) is 5.32 Å². The SMILES string of the molecule is Cc1ccc(CN(C(=O)CN(c2cccc(C(F)(F)F)c2)S(=O)(=O)c2ccc(C)cc2)C(Cc2ccccc2)C(=O)NCC(C)C)cc1. The molecule has 0 aliphatic rings. The highest BCUT2D eigenvalue weighted by atomic mass is 32.2. The van der Waals surface area contributed by atoms with Crippen LogP contribution in [0.2, 0.25) is 0 Å². The molecule has 0 bridgehead atoms. The lowest BCUT2D eigenvalue weighted by Gasteiger charge is -2.34. The van der Waals surface area contributed by atoms with Gasteiger partial charge in [-0.25, -0.2) is 8.42 Å². The van der Waals surface area contributed by atoms with Crippen molar-refractivity contribution in [3.05, 3.63) is 131 Å². The molecule has 0 radical (unpaired) electrons. The van der Waals surface area contributed by atoms with E-state index in [1.165, 1.54) is 23.1 Å². The smallest absolute Gasteiger partial charge is 0.354 e. The second-order valence-corrected chi connectivity index (χ2v) is 14.1. The van der Waals surface area contributed by atoms with Gasteiger partial charge in [-0.05, 0) is 61.2 Å². The molecule has 48 heavy (non-hydrogen) atoms. The monoisotopic (exact) mass is 679 g/mol. The Morgan fingerprint density at radius 3 is 1.98 bits per heavy atom. The van der Waals surface area contributed by atoms with Crippen LogP contribution in [0.3, 0.4) is 0 Å². The zero-order valence-corrected chi connectivity index (χ0v) is 28.2. The summed E-state index contributed by atoms with van der Waals surface area (Å²) >= 11 is 0. The Morgan fingerprint density at radius 1 is 0.792 bits per heavy atom. The van der Waals surface area contributed by atoms with Crippen molar-refractivity contribution >= 4 is 27.5 Å². The van der Waals surface area contributed by atoms with Crippen molar-refractivity contribution in [2.75, 3.05) is 17.4 Å². The average molecular weight is 680 g/mol. The number of sulfonamides is 1. The number of amides is 2. The molecule has 0 aliphatic carbocycles. The van der Waals surface area contributed by atoms with Crippen molar-refractivity contribution in [2.24, 2.45) is 5.92 Å². The third-order valence-electron chi connectivity index (χ3n) is 7.78. The summed E-state index contributed by atoms with van der Waals surface area (Å²) in [5, 5.41) is 2.91. The molecule has 11 heteroatoms. The first-order chi connectivity index (χ1) is 22.6. The van der Waals surface area contributed by atoms with Gasteiger partial charge in [-0.15, -0.1) is 0 Å². The van der Waals surface area contributed by atoms with Gasteiger partial charge in [-0.3, -0.25) is 13.9 Å². The van der Waals surface area contributed by atoms with Crippen LogP contribution in [0.4, 0.5) is 18.9 Å². The van der Waals surface area contributed by atoms with E-state index in [4.69, 9.17) is 0 Å². The van der Waals surface area contributed by atoms with Crippen molar-refractivity contribution < 1.29 is 31.2 Å². The lowest BCUT2D eigenvalue weighted by molar-refractivity contribution is -0.140. The van der Waals surface area contributed by atoms with E-state index in [9.17, 15) is 31.2 Å². The van der Waals surface area contributed by atoms with Gasteiger partial charge in [0.2, 0.25) is 11.8 Å². The van der Waals surface area contributed by atoms with E-state index in [0.29, 0.717) is 22.5 Å². The van der Waals surface area contributed by atoms with E-state index >= 15 is 0 Å². The molecule has 0 saturated heterocycles. The first-order valence-electron chi connectivity index (χ1n) is 15.6. The van der Waals surface area contributed by atoms with Crippen LogP contribution < -0.4 is 9.62 Å². The maximum Gasteiger partial charge on any atom is 0.416 e. The molecule has 1 atom stereocenters. The zero-order valence-electron chi connectivity index (χ0n) is 27.4. The van der Waals surface area contributed by atoms with Crippen molar-refractivity contribution in [3.8, 4) is 0 Å². The highest BCUT2D eigenvalue weighted by Crippen LogP contribution is 2.33. The number of carbonyl (C=O) groups is 2. The zero-order chi connectivity index (χ0) is 35.1. The summed E-state index contributed by atoms with van der Waals surface area (Å²) in [6.45, 7) is 6.99. The highest BCUT2D eigenvalue weighted by Gasteiger charge is 2.36. The summed E-state index contributed by atoms with van der Waals surface area (Å²) in [4.78, 5) is 29.5. The van der Waals surface area contributed by atoms with Crippen LogP contribution in [0.1, 0.15) is 41.7 Å². The van der Waals surface area contributed by atoms with Crippen LogP contribution in [-0.4, -0.2) is 44.3 Å². The van der Waals surface area contributed by atoms with E-state index < -0.39 is 46.2 Å². The largest absolute Gasteiger partial charge is 0.416 e. The first kappa shape index (κ1) is 36.2. The topological polar surface area (TPSA) is 86.8 Å². The predicted octanol–water partition coefficient (Wildman–Crippen LogP) is 6.93. The van der Waals surface area contributed by atoms with Gasteiger partial charge in [0.15, 0.2) is 0 Å². The molecule has 1 unspecified atom stereocenters. The molecular formula is C37H40F3N3O4S. The maximum absolute atomic E-state index is 14.5. The van der Waals surface area contributed by atoms with E-state index in [1.54, 1.807) is 19.1 Å². The Bertz CT molecular complexity index is 1790. The van der Waals surface area contributed by atoms with Crippen molar-refractivity contribution in [3.63, 3.8) is 0 Å². The van der Waals surface area contributed by atoms with E-state index in [-0.39, 0.29) is 29.5 Å². The van der Waals surface area contributed by atoms with Crippen LogP contribution in [-0.2, 0) is 38.8 Å². The quantitative estimate of drug-likeness (QED) is 0.166. The van der Waals surface area contributed by atoms with Gasteiger partial charge in [0, 0.05) is 19.5 Å². The average Bonchev–Trinajstić information content (AvgIpc) is 3.05. The second kappa shape index (κ2) is 15.5. The van der Waals surface area contributed by atoms with Crippen molar-refractivity contribution in [2.45, 2.75) is 57.8 Å². The summed E-state index contributed by atoms with van der Waals surface area (Å²) in [5.41, 5.74) is 1.81. The molecule has 2 amide bonds. The van der Waals surface area contributed by atoms with Crippen LogP contribution in [0.15, 0.2) is 108 Å². The highest BCUT2D eigenvalue weighted by molar-refractivity contribution is 7.92. The third kappa shape index (κ3) is 9.47. The number of alkyl halides is 3. The van der Waals surface area contributed by atoms with Gasteiger partial charge in [0.1, 0.15) is 12.6 Å². The number of hydrogen-bond acceptors (Lipinski definition) is 4. The maximum atomic E-state index is 14.5. The number of anilines is 1. The van der Waals surface area contributed by atoms with Gasteiger partial charge in [-0.1, -0.05) is 97.8 Å². The number of carbonyl (C=O) groups excluding carboxylic acids is 2. The van der Waals surface area contributed by atoms with E-state index in [0.717, 1.165) is 28.8 Å². The fourth-order valence-corrected chi connectivity index (χ4v) is 6.48. The molecule has 0 spiro atoms. The Morgan fingerprint density at radius 2 is 1.40 bits per heavy atom. The van der Waals surface area contributed by atoms with Crippen molar-refractivity contribution in [1.29, 1.82) is 0 Å². The number of rotatable bonds is 13. The van der Waals surface area contributed by atoms with Gasteiger partial charge in [-0.2, -0.15) is 13.2 Å². The predicted molar refractivity (Wildman–Crippen MR) is 181 cm³/mol. The Kier molecular flexibility index (Phi) is 11.7. The number of nitrogens with one attached hydrogen (secondary N) is 1. The van der Waals surface area contributed by atoms with E-state index in [1.807, 2.05) is 75.4 Å². The number of aryl methyl sites for hydroxylation is 2. The summed E-state index contributed by atoms with van der Waals surface area (Å²) in [7, 11) is -4.55. The van der Waals surface area contributed by atoms with Gasteiger partial charge in [0.25, 0.3) is 10.0 Å². The molecule has 7 nitrogen and oxygen atoms in total. The number of hydrogen-bond donors (Lipinski definition) is 1. The molecule has 4 aromatic rings. The molecule has 254 valence electrons. The molecule has 0 aromatic heterocycles. The van der Waals surface area contributed by atoms with Gasteiger partial charge in [0.05, 0.1) is 16.1 Å². The number of benzene rings is 4. The van der Waals surface area contributed by atoms with Crippen LogP contribution in [0, 0.1) is 19.8 Å². The number of nitrogens with zero attached hydrogens (tertiary/aromatic N) is 2. The van der Waals surface area contributed by atoms with Crippen LogP contribution >= 0.6 is 0 Å². The molecule has 1 N–H and O–H groups in total. The summed E-state index contributed by atoms with van der Waals surface area (Å²) < 4.78 is 70.3. The summed E-state index contributed by atoms with van der Waals surface area (Å²) in [6.07, 6.45) is -4.64. The molecule has 0 aliphatic heterocycles. The fraction of sp³-hybridized carbons (Fsp3) is 0.297. The minimum Gasteiger partial charge on any atom is -0.354 e. The molecule has 4 aromatic carbocycles. The first-order valence-corrected chi connectivity index (χ1v) is 17.0. The number of halogens is 3. The minimum absolute atomic E-state index is 0.0489. The molecule has 0 saturated carbocycles. The molecular weight excluding hydrogens is 639 g/mol. The fourth-order valence-electron chi connectivity index (χ4n) is 5.07. The molecule has 0 heterocycles. The Labute approximate surface area is 280 Å². The standard InChI is InChI=1S/C37H40F3N3O4S/c1-26(2)23-41-36(45)34(21-29-9-6-5-7-10-29)42(24-30-17-13-27(3)14-18-30)35(44)25-43(32-12-8-11-31(22-32)37(38,39)40)48(46,47)33-19-15-28(4)16-20-33/h5-20,22,26,34H,21,23-25H2,1-4H3,(H,41,45).